The lowest BCUT2D eigenvalue weighted by molar-refractivity contribution is 0.0237. The van der Waals surface area contributed by atoms with Gasteiger partial charge in [0.25, 0.3) is 0 Å². The van der Waals surface area contributed by atoms with Crippen molar-refractivity contribution < 1.29 is 40.2 Å². The van der Waals surface area contributed by atoms with Crippen molar-refractivity contribution in [3.8, 4) is 34.5 Å². The molecule has 142 valence electrons. The molecule has 1 heterocycles. The maximum absolute atomic E-state index is 12.5. The highest BCUT2D eigenvalue weighted by Crippen LogP contribution is 2.56. The molecule has 0 bridgehead atoms. The molecule has 0 unspecified atom stereocenters. The summed E-state index contributed by atoms with van der Waals surface area (Å²) in [5.74, 6) is -5.24. The number of phenols is 6. The molecule has 1 aliphatic rings. The highest BCUT2D eigenvalue weighted by atomic mass is 16.6. The van der Waals surface area contributed by atoms with Crippen molar-refractivity contribution in [1.29, 1.82) is 0 Å². The molecule has 0 saturated carbocycles. The maximum Gasteiger partial charge on any atom is 0.340 e. The molecule has 0 aliphatic carbocycles. The average molecular weight is 382 g/mol. The fourth-order valence-corrected chi connectivity index (χ4v) is 3.47. The Morgan fingerprint density at radius 2 is 1.11 bits per heavy atom. The average Bonchev–Trinajstić information content (AvgIpc) is 2.98. The van der Waals surface area contributed by atoms with Gasteiger partial charge in [-0.25, -0.2) is 4.79 Å². The van der Waals surface area contributed by atoms with Crippen molar-refractivity contribution in [2.45, 2.75) is 5.60 Å². The van der Waals surface area contributed by atoms with Gasteiger partial charge in [0.1, 0.15) is 0 Å². The van der Waals surface area contributed by atoms with Crippen molar-refractivity contribution in [1.82, 2.24) is 0 Å². The van der Waals surface area contributed by atoms with Gasteiger partial charge in [0, 0.05) is 5.56 Å². The zero-order valence-corrected chi connectivity index (χ0v) is 14.1. The molecule has 0 radical (unpaired) electrons. The molecule has 0 fully saturated rings. The largest absolute Gasteiger partial charge is 0.504 e. The minimum atomic E-state index is -1.96. The normalized spacial score (nSPS) is 14.5. The fourth-order valence-electron chi connectivity index (χ4n) is 3.47. The summed E-state index contributed by atoms with van der Waals surface area (Å²) < 4.78 is 5.60. The summed E-state index contributed by atoms with van der Waals surface area (Å²) >= 11 is 0. The SMILES string of the molecule is O=C1OC(c2ccc(O)c(O)c2O)(c2ccc(O)c(O)c2O)c2ccccc21. The summed E-state index contributed by atoms with van der Waals surface area (Å²) in [5, 5.41) is 60.3. The molecule has 3 aromatic rings. The van der Waals surface area contributed by atoms with Crippen LogP contribution in [-0.4, -0.2) is 36.6 Å². The van der Waals surface area contributed by atoms with Crippen LogP contribution in [0.1, 0.15) is 27.0 Å². The van der Waals surface area contributed by atoms with Gasteiger partial charge in [0.15, 0.2) is 28.6 Å². The molecule has 0 amide bonds. The molecule has 8 nitrogen and oxygen atoms in total. The Hall–Kier alpha value is -4.07. The van der Waals surface area contributed by atoms with Crippen LogP contribution in [0.2, 0.25) is 0 Å². The summed E-state index contributed by atoms with van der Waals surface area (Å²) in [7, 11) is 0. The van der Waals surface area contributed by atoms with E-state index in [9.17, 15) is 35.4 Å². The van der Waals surface area contributed by atoms with Gasteiger partial charge < -0.3 is 35.4 Å². The van der Waals surface area contributed by atoms with Gasteiger partial charge in [0.05, 0.1) is 16.7 Å². The van der Waals surface area contributed by atoms with E-state index in [1.54, 1.807) is 12.1 Å². The highest BCUT2D eigenvalue weighted by molar-refractivity contribution is 5.97. The number of hydrogen-bond donors (Lipinski definition) is 6. The van der Waals surface area contributed by atoms with Gasteiger partial charge in [-0.2, -0.15) is 0 Å². The maximum atomic E-state index is 12.5. The monoisotopic (exact) mass is 382 g/mol. The van der Waals surface area contributed by atoms with Crippen LogP contribution < -0.4 is 0 Å². The molecule has 0 saturated heterocycles. The molecule has 0 atom stereocenters. The molecule has 1 aliphatic heterocycles. The lowest BCUT2D eigenvalue weighted by Crippen LogP contribution is -2.29. The minimum Gasteiger partial charge on any atom is -0.504 e. The number of fused-ring (bicyclic) bond motifs is 1. The molecule has 6 N–H and O–H groups in total. The lowest BCUT2D eigenvalue weighted by Gasteiger charge is -2.31. The summed E-state index contributed by atoms with van der Waals surface area (Å²) in [6.07, 6.45) is 0. The Labute approximate surface area is 157 Å². The van der Waals surface area contributed by atoms with Crippen LogP contribution in [0.15, 0.2) is 48.5 Å². The van der Waals surface area contributed by atoms with E-state index in [0.717, 1.165) is 12.1 Å². The predicted octanol–water partition coefficient (Wildman–Crippen LogP) is 2.38. The number of hydrogen-bond acceptors (Lipinski definition) is 8. The Morgan fingerprint density at radius 3 is 1.64 bits per heavy atom. The molecule has 8 heteroatoms. The first kappa shape index (κ1) is 17.3. The quantitative estimate of drug-likeness (QED) is 0.292. The van der Waals surface area contributed by atoms with Gasteiger partial charge >= 0.3 is 5.97 Å². The van der Waals surface area contributed by atoms with Crippen LogP contribution in [0.5, 0.6) is 34.5 Å². The van der Waals surface area contributed by atoms with E-state index < -0.39 is 46.1 Å². The number of rotatable bonds is 2. The van der Waals surface area contributed by atoms with Crippen molar-refractivity contribution in [3.05, 3.63) is 70.8 Å². The zero-order chi connectivity index (χ0) is 20.2. The molecule has 0 spiro atoms. The fraction of sp³-hybridized carbons (Fsp3) is 0.0500. The standard InChI is InChI=1S/C20H14O8/c21-13-7-5-11(15(23)17(13)25)20(12-6-8-14(22)18(26)16(12)24)10-4-2-1-3-9(10)19(27)28-20/h1-8,21-26H. The second-order valence-corrected chi connectivity index (χ2v) is 6.28. The van der Waals surface area contributed by atoms with E-state index in [1.807, 2.05) is 0 Å². The molecular formula is C20H14O8. The summed E-state index contributed by atoms with van der Waals surface area (Å²) in [6, 6.07) is 10.8. The van der Waals surface area contributed by atoms with Crippen molar-refractivity contribution in [3.63, 3.8) is 0 Å². The summed E-state index contributed by atoms with van der Waals surface area (Å²) in [5.41, 5.74) is -1.93. The number of benzene rings is 3. The van der Waals surface area contributed by atoms with E-state index in [0.29, 0.717) is 0 Å². The van der Waals surface area contributed by atoms with Crippen molar-refractivity contribution >= 4 is 5.97 Å². The van der Waals surface area contributed by atoms with Gasteiger partial charge in [-0.3, -0.25) is 0 Å². The third-order valence-electron chi connectivity index (χ3n) is 4.79. The number of carbonyl (C=O) groups excluding carboxylic acids is 1. The number of aromatic hydroxyl groups is 6. The third-order valence-corrected chi connectivity index (χ3v) is 4.79. The van der Waals surface area contributed by atoms with Gasteiger partial charge in [-0.15, -0.1) is 0 Å². The Kier molecular flexibility index (Phi) is 3.54. The summed E-state index contributed by atoms with van der Waals surface area (Å²) in [4.78, 5) is 12.5. The predicted molar refractivity (Wildman–Crippen MR) is 94.6 cm³/mol. The second kappa shape index (κ2) is 5.71. The topological polar surface area (TPSA) is 148 Å². The second-order valence-electron chi connectivity index (χ2n) is 6.28. The van der Waals surface area contributed by atoms with Crippen molar-refractivity contribution in [2.75, 3.05) is 0 Å². The molecular weight excluding hydrogens is 368 g/mol. The smallest absolute Gasteiger partial charge is 0.340 e. The van der Waals surface area contributed by atoms with Crippen LogP contribution in [0.4, 0.5) is 0 Å². The molecule has 0 aromatic heterocycles. The van der Waals surface area contributed by atoms with Gasteiger partial charge in [-0.1, -0.05) is 18.2 Å². The Balaban J connectivity index is 2.16. The van der Waals surface area contributed by atoms with Crippen LogP contribution in [0.3, 0.4) is 0 Å². The van der Waals surface area contributed by atoms with Gasteiger partial charge in [-0.05, 0) is 30.3 Å². The number of ether oxygens (including phenoxy) is 1. The van der Waals surface area contributed by atoms with Gasteiger partial charge in [0.2, 0.25) is 11.5 Å². The molecule has 28 heavy (non-hydrogen) atoms. The van der Waals surface area contributed by atoms with Crippen LogP contribution >= 0.6 is 0 Å². The van der Waals surface area contributed by atoms with E-state index in [4.69, 9.17) is 4.74 Å². The first-order valence-electron chi connectivity index (χ1n) is 8.10. The highest BCUT2D eigenvalue weighted by Gasteiger charge is 2.52. The first-order valence-corrected chi connectivity index (χ1v) is 8.10. The van der Waals surface area contributed by atoms with Crippen LogP contribution in [0.25, 0.3) is 0 Å². The van der Waals surface area contributed by atoms with Crippen LogP contribution in [0, 0.1) is 0 Å². The molecule has 4 rings (SSSR count). The van der Waals surface area contributed by atoms with Crippen LogP contribution in [-0.2, 0) is 10.3 Å². The van der Waals surface area contributed by atoms with E-state index >= 15 is 0 Å². The summed E-state index contributed by atoms with van der Waals surface area (Å²) in [6.45, 7) is 0. The zero-order valence-electron chi connectivity index (χ0n) is 14.1. The van der Waals surface area contributed by atoms with E-state index in [1.165, 1.54) is 24.3 Å². The number of cyclic esters (lactones) is 1. The van der Waals surface area contributed by atoms with E-state index in [2.05, 4.69) is 0 Å². The minimum absolute atomic E-state index is 0.140. The third kappa shape index (κ3) is 2.08. The lowest BCUT2D eigenvalue weighted by atomic mass is 9.78. The number of phenolic OH excluding ortho intramolecular Hbond substituents is 6. The Bertz CT molecular complexity index is 1080. The number of carbonyl (C=O) groups is 1. The Morgan fingerprint density at radius 1 is 0.607 bits per heavy atom. The first-order chi connectivity index (χ1) is 13.3. The number of esters is 1. The molecule has 3 aromatic carbocycles. The van der Waals surface area contributed by atoms with E-state index in [-0.39, 0.29) is 22.3 Å². The van der Waals surface area contributed by atoms with Crippen molar-refractivity contribution in [2.24, 2.45) is 0 Å².